The quantitative estimate of drug-likeness (QED) is 0.903. The molecule has 5 heteroatoms. The Bertz CT molecular complexity index is 577. The number of H-pyrrole nitrogens is 1. The molecule has 0 saturated heterocycles. The third-order valence-electron chi connectivity index (χ3n) is 2.90. The standard InChI is InChI=1S/C13H15F2NOS/c1-13(2,7-12(14)15)18(17)11-8-16-10-6-4-3-5-9(10)11/h3-6,8,12,16H,7H2,1-2H3. The van der Waals surface area contributed by atoms with Crippen LogP contribution in [0.25, 0.3) is 10.9 Å². The zero-order valence-electron chi connectivity index (χ0n) is 10.2. The predicted octanol–water partition coefficient (Wildman–Crippen LogP) is 3.71. The Labute approximate surface area is 107 Å². The lowest BCUT2D eigenvalue weighted by Gasteiger charge is -2.22. The van der Waals surface area contributed by atoms with E-state index in [2.05, 4.69) is 4.98 Å². The van der Waals surface area contributed by atoms with E-state index in [0.29, 0.717) is 4.90 Å². The van der Waals surface area contributed by atoms with Crippen LogP contribution in [0.5, 0.6) is 0 Å². The number of aromatic amines is 1. The van der Waals surface area contributed by atoms with Crippen LogP contribution in [0.2, 0.25) is 0 Å². The van der Waals surface area contributed by atoms with Crippen molar-refractivity contribution in [3.63, 3.8) is 0 Å². The number of fused-ring (bicyclic) bond motifs is 1. The molecule has 0 fully saturated rings. The van der Waals surface area contributed by atoms with Crippen molar-refractivity contribution in [1.82, 2.24) is 4.98 Å². The number of aromatic nitrogens is 1. The molecule has 18 heavy (non-hydrogen) atoms. The number of rotatable bonds is 4. The molecule has 1 heterocycles. The molecule has 0 radical (unpaired) electrons. The van der Waals surface area contributed by atoms with Gasteiger partial charge in [0.2, 0.25) is 6.43 Å². The van der Waals surface area contributed by atoms with Crippen molar-refractivity contribution in [3.8, 4) is 0 Å². The van der Waals surface area contributed by atoms with Gasteiger partial charge in [0.1, 0.15) is 0 Å². The van der Waals surface area contributed by atoms with E-state index in [1.807, 2.05) is 24.3 Å². The molecule has 0 amide bonds. The summed E-state index contributed by atoms with van der Waals surface area (Å²) in [6.45, 7) is 3.22. The molecule has 1 unspecified atom stereocenters. The Morgan fingerprint density at radius 2 is 2.00 bits per heavy atom. The van der Waals surface area contributed by atoms with E-state index in [-0.39, 0.29) is 6.42 Å². The van der Waals surface area contributed by atoms with Gasteiger partial charge in [-0.25, -0.2) is 8.78 Å². The first-order valence-corrected chi connectivity index (χ1v) is 6.83. The molecule has 1 aromatic carbocycles. The molecular weight excluding hydrogens is 256 g/mol. The summed E-state index contributed by atoms with van der Waals surface area (Å²) in [4.78, 5) is 3.61. The van der Waals surface area contributed by atoms with Gasteiger partial charge in [-0.05, 0) is 19.9 Å². The van der Waals surface area contributed by atoms with Gasteiger partial charge in [-0.3, -0.25) is 4.21 Å². The number of hydrogen-bond acceptors (Lipinski definition) is 1. The molecule has 1 aromatic heterocycles. The van der Waals surface area contributed by atoms with Crippen LogP contribution in [0, 0.1) is 0 Å². The molecule has 1 atom stereocenters. The number of benzene rings is 1. The summed E-state index contributed by atoms with van der Waals surface area (Å²) in [6.07, 6.45) is -1.18. The summed E-state index contributed by atoms with van der Waals surface area (Å²) in [5, 5.41) is 0.832. The van der Waals surface area contributed by atoms with Gasteiger partial charge in [-0.2, -0.15) is 0 Å². The maximum atomic E-state index is 12.5. The van der Waals surface area contributed by atoms with E-state index in [1.165, 1.54) is 0 Å². The molecule has 0 bridgehead atoms. The van der Waals surface area contributed by atoms with E-state index in [0.717, 1.165) is 10.9 Å². The summed E-state index contributed by atoms with van der Waals surface area (Å²) in [7, 11) is -1.47. The van der Waals surface area contributed by atoms with E-state index in [1.54, 1.807) is 20.0 Å². The molecule has 0 saturated carbocycles. The van der Waals surface area contributed by atoms with Gasteiger partial charge >= 0.3 is 0 Å². The average Bonchev–Trinajstić information content (AvgIpc) is 2.69. The number of para-hydroxylation sites is 1. The molecule has 2 nitrogen and oxygen atoms in total. The molecule has 1 N–H and O–H groups in total. The molecule has 2 aromatic rings. The van der Waals surface area contributed by atoms with Crippen molar-refractivity contribution >= 4 is 21.7 Å². The number of nitrogens with one attached hydrogen (secondary N) is 1. The van der Waals surface area contributed by atoms with Crippen LogP contribution in [-0.4, -0.2) is 20.4 Å². The molecule has 98 valence electrons. The minimum absolute atomic E-state index is 0.376. The highest BCUT2D eigenvalue weighted by molar-refractivity contribution is 7.86. The Balaban J connectivity index is 2.39. The van der Waals surface area contributed by atoms with Gasteiger partial charge in [0, 0.05) is 23.5 Å². The normalized spacial score (nSPS) is 14.3. The van der Waals surface area contributed by atoms with E-state index in [4.69, 9.17) is 0 Å². The third kappa shape index (κ3) is 2.46. The van der Waals surface area contributed by atoms with Crippen LogP contribution < -0.4 is 0 Å². The topological polar surface area (TPSA) is 32.9 Å². The Kier molecular flexibility index (Phi) is 3.52. The van der Waals surface area contributed by atoms with Gasteiger partial charge < -0.3 is 4.98 Å². The largest absolute Gasteiger partial charge is 0.360 e. The minimum Gasteiger partial charge on any atom is -0.360 e. The first-order chi connectivity index (χ1) is 8.42. The maximum Gasteiger partial charge on any atom is 0.240 e. The van der Waals surface area contributed by atoms with Crippen molar-refractivity contribution in [1.29, 1.82) is 0 Å². The minimum atomic E-state index is -2.45. The fourth-order valence-electron chi connectivity index (χ4n) is 1.94. The average molecular weight is 271 g/mol. The molecule has 0 spiro atoms. The number of alkyl halides is 2. The Morgan fingerprint density at radius 1 is 1.33 bits per heavy atom. The lowest BCUT2D eigenvalue weighted by atomic mass is 10.1. The number of hydrogen-bond donors (Lipinski definition) is 1. The first-order valence-electron chi connectivity index (χ1n) is 5.68. The van der Waals surface area contributed by atoms with Gasteiger partial charge in [-0.1, -0.05) is 18.2 Å². The lowest BCUT2D eigenvalue weighted by molar-refractivity contribution is 0.127. The highest BCUT2D eigenvalue weighted by Gasteiger charge is 2.32. The van der Waals surface area contributed by atoms with Crippen LogP contribution in [-0.2, 0) is 10.8 Å². The highest BCUT2D eigenvalue weighted by Crippen LogP contribution is 2.31. The molecule has 0 aliphatic heterocycles. The second-order valence-corrected chi connectivity index (χ2v) is 6.90. The zero-order chi connectivity index (χ0) is 13.3. The fourth-order valence-corrected chi connectivity index (χ4v) is 3.36. The summed E-state index contributed by atoms with van der Waals surface area (Å²) < 4.78 is 36.5. The maximum absolute atomic E-state index is 12.5. The van der Waals surface area contributed by atoms with E-state index >= 15 is 0 Å². The second kappa shape index (κ2) is 4.80. The highest BCUT2D eigenvalue weighted by atomic mass is 32.2. The van der Waals surface area contributed by atoms with Crippen molar-refractivity contribution in [2.45, 2.75) is 36.3 Å². The number of halogens is 2. The predicted molar refractivity (Wildman–Crippen MR) is 69.4 cm³/mol. The third-order valence-corrected chi connectivity index (χ3v) is 4.81. The summed E-state index contributed by atoms with van der Waals surface area (Å²) in [6, 6.07) is 7.43. The van der Waals surface area contributed by atoms with Gasteiger partial charge in [0.25, 0.3) is 0 Å². The monoisotopic (exact) mass is 271 g/mol. The molecular formula is C13H15F2NOS. The van der Waals surface area contributed by atoms with Gasteiger partial charge in [0.15, 0.2) is 0 Å². The van der Waals surface area contributed by atoms with Crippen LogP contribution in [0.3, 0.4) is 0 Å². The van der Waals surface area contributed by atoms with Gasteiger partial charge in [-0.15, -0.1) is 0 Å². The molecule has 2 rings (SSSR count). The van der Waals surface area contributed by atoms with Gasteiger partial charge in [0.05, 0.1) is 20.4 Å². The van der Waals surface area contributed by atoms with Crippen molar-refractivity contribution in [2.75, 3.05) is 0 Å². The zero-order valence-corrected chi connectivity index (χ0v) is 11.1. The van der Waals surface area contributed by atoms with Crippen LogP contribution in [0.4, 0.5) is 8.78 Å². The molecule has 0 aliphatic rings. The molecule has 0 aliphatic carbocycles. The summed E-state index contributed by atoms with van der Waals surface area (Å²) in [5.74, 6) is 0. The van der Waals surface area contributed by atoms with Crippen LogP contribution in [0.15, 0.2) is 35.4 Å². The van der Waals surface area contributed by atoms with Crippen molar-refractivity contribution in [2.24, 2.45) is 0 Å². The second-order valence-electron chi connectivity index (χ2n) is 4.82. The van der Waals surface area contributed by atoms with Crippen LogP contribution >= 0.6 is 0 Å². The smallest absolute Gasteiger partial charge is 0.240 e. The lowest BCUT2D eigenvalue weighted by Crippen LogP contribution is -2.29. The summed E-state index contributed by atoms with van der Waals surface area (Å²) in [5.41, 5.74) is 0.869. The van der Waals surface area contributed by atoms with E-state index in [9.17, 15) is 13.0 Å². The van der Waals surface area contributed by atoms with Crippen molar-refractivity contribution < 1.29 is 13.0 Å². The first kappa shape index (κ1) is 13.2. The van der Waals surface area contributed by atoms with Crippen LogP contribution in [0.1, 0.15) is 20.3 Å². The SMILES string of the molecule is CC(C)(CC(F)F)S(=O)c1c[nH]c2ccccc12. The summed E-state index contributed by atoms with van der Waals surface area (Å²) >= 11 is 0. The Hall–Kier alpha value is -1.23. The Morgan fingerprint density at radius 3 is 2.67 bits per heavy atom. The van der Waals surface area contributed by atoms with E-state index < -0.39 is 22.0 Å². The van der Waals surface area contributed by atoms with Crippen molar-refractivity contribution in [3.05, 3.63) is 30.5 Å². The fraction of sp³-hybridized carbons (Fsp3) is 0.385.